The number of carboxylic acid groups (broad SMARTS) is 1. The second kappa shape index (κ2) is 13.7. The molecule has 0 spiro atoms. The summed E-state index contributed by atoms with van der Waals surface area (Å²) in [4.78, 5) is 36.2. The molecule has 4 aromatic carbocycles. The first-order valence-corrected chi connectivity index (χ1v) is 14.9. The van der Waals surface area contributed by atoms with Gasteiger partial charge in [-0.15, -0.1) is 13.2 Å². The van der Waals surface area contributed by atoms with E-state index < -0.39 is 63.9 Å². The Balaban J connectivity index is 1.63. The molecule has 234 valence electrons. The van der Waals surface area contributed by atoms with Gasteiger partial charge in [0.15, 0.2) is 21.7 Å². The number of benzene rings is 4. The van der Waals surface area contributed by atoms with Crippen LogP contribution in [-0.4, -0.2) is 55.3 Å². The maximum atomic E-state index is 13.9. The Bertz CT molecular complexity index is 1760. The first-order valence-electron chi connectivity index (χ1n) is 13.3. The highest BCUT2D eigenvalue weighted by atomic mass is 32.2. The van der Waals surface area contributed by atoms with E-state index >= 15 is 0 Å². The second-order valence-electron chi connectivity index (χ2n) is 9.81. The van der Waals surface area contributed by atoms with Crippen LogP contribution in [0.25, 0.3) is 11.1 Å². The van der Waals surface area contributed by atoms with Gasteiger partial charge in [0.05, 0.1) is 16.7 Å². The third-order valence-electron chi connectivity index (χ3n) is 6.73. The topological polar surface area (TPSA) is 147 Å². The molecule has 13 heteroatoms. The van der Waals surface area contributed by atoms with Gasteiger partial charge in [-0.3, -0.25) is 9.59 Å². The van der Waals surface area contributed by atoms with Gasteiger partial charge in [-0.05, 0) is 65.2 Å². The minimum atomic E-state index is -4.92. The molecular formula is C32H26F3NO8S. The third-order valence-corrected chi connectivity index (χ3v) is 8.85. The molecule has 1 amide bonds. The molecule has 2 unspecified atom stereocenters. The van der Waals surface area contributed by atoms with Gasteiger partial charge in [0.25, 0.3) is 5.91 Å². The Morgan fingerprint density at radius 2 is 1.33 bits per heavy atom. The van der Waals surface area contributed by atoms with Crippen molar-refractivity contribution in [3.8, 4) is 16.9 Å². The quantitative estimate of drug-likeness (QED) is 0.179. The average molecular weight is 642 g/mol. The van der Waals surface area contributed by atoms with Crippen LogP contribution in [0.5, 0.6) is 5.75 Å². The SMILES string of the molecule is O=C(CC(c1ccc(-c2ccccc2)cc1)S(=O)(=O)c1ccc(C(=O)NCC(O)C(=O)O)cc1)c1ccc(OC(F)(F)F)cc1. The highest BCUT2D eigenvalue weighted by molar-refractivity contribution is 7.91. The van der Waals surface area contributed by atoms with Gasteiger partial charge in [-0.25, -0.2) is 13.2 Å². The summed E-state index contributed by atoms with van der Waals surface area (Å²) >= 11 is 0. The Morgan fingerprint density at radius 3 is 1.89 bits per heavy atom. The number of rotatable bonds is 12. The van der Waals surface area contributed by atoms with Crippen LogP contribution in [0.1, 0.15) is 38.0 Å². The lowest BCUT2D eigenvalue weighted by Crippen LogP contribution is -2.36. The summed E-state index contributed by atoms with van der Waals surface area (Å²) in [5.74, 6) is -3.47. The minimum absolute atomic E-state index is 0.00690. The molecule has 2 atom stereocenters. The molecule has 0 radical (unpaired) electrons. The number of sulfone groups is 1. The number of ketones is 1. The largest absolute Gasteiger partial charge is 0.573 e. The van der Waals surface area contributed by atoms with E-state index in [0.717, 1.165) is 47.5 Å². The maximum Gasteiger partial charge on any atom is 0.573 e. The smallest absolute Gasteiger partial charge is 0.479 e. The Hall–Kier alpha value is -5.01. The van der Waals surface area contributed by atoms with Crippen LogP contribution >= 0.6 is 0 Å². The van der Waals surface area contributed by atoms with Crippen LogP contribution in [0.3, 0.4) is 0 Å². The summed E-state index contributed by atoms with van der Waals surface area (Å²) < 4.78 is 69.4. The molecule has 45 heavy (non-hydrogen) atoms. The molecule has 0 bridgehead atoms. The molecule has 4 aromatic rings. The molecule has 0 aliphatic carbocycles. The number of Topliss-reactive ketones (excluding diaryl/α,β-unsaturated/α-hetero) is 1. The van der Waals surface area contributed by atoms with E-state index in [9.17, 15) is 41.1 Å². The minimum Gasteiger partial charge on any atom is -0.479 e. The number of ether oxygens (including phenoxy) is 1. The Labute approximate surface area is 255 Å². The Kier molecular flexibility index (Phi) is 10.0. The van der Waals surface area contributed by atoms with Crippen molar-refractivity contribution in [2.75, 3.05) is 6.54 Å². The molecule has 0 heterocycles. The maximum absolute atomic E-state index is 13.9. The van der Waals surface area contributed by atoms with Crippen LogP contribution in [0, 0.1) is 0 Å². The molecule has 3 N–H and O–H groups in total. The molecular weight excluding hydrogens is 615 g/mol. The van der Waals surface area contributed by atoms with Gasteiger partial charge < -0.3 is 20.3 Å². The first kappa shape index (κ1) is 32.9. The number of hydrogen-bond donors (Lipinski definition) is 3. The molecule has 4 rings (SSSR count). The second-order valence-corrected chi connectivity index (χ2v) is 11.9. The fourth-order valence-electron chi connectivity index (χ4n) is 4.40. The number of nitrogens with one attached hydrogen (secondary N) is 1. The van der Waals surface area contributed by atoms with Crippen molar-refractivity contribution in [2.24, 2.45) is 0 Å². The molecule has 9 nitrogen and oxygen atoms in total. The lowest BCUT2D eigenvalue weighted by molar-refractivity contribution is -0.274. The fourth-order valence-corrected chi connectivity index (χ4v) is 6.13. The molecule has 0 aromatic heterocycles. The van der Waals surface area contributed by atoms with Crippen LogP contribution in [0.2, 0.25) is 0 Å². The number of amides is 1. The van der Waals surface area contributed by atoms with Gasteiger partial charge >= 0.3 is 12.3 Å². The van der Waals surface area contributed by atoms with Crippen molar-refractivity contribution in [2.45, 2.75) is 29.0 Å². The van der Waals surface area contributed by atoms with E-state index in [1.807, 2.05) is 30.3 Å². The van der Waals surface area contributed by atoms with Crippen LogP contribution in [0.15, 0.2) is 108 Å². The number of carboxylic acids is 1. The van der Waals surface area contributed by atoms with Gasteiger partial charge in [0, 0.05) is 17.5 Å². The number of carbonyl (C=O) groups is 3. The number of hydrogen-bond acceptors (Lipinski definition) is 7. The zero-order chi connectivity index (χ0) is 32.8. The van der Waals surface area contributed by atoms with Crippen molar-refractivity contribution in [1.82, 2.24) is 5.32 Å². The van der Waals surface area contributed by atoms with E-state index in [2.05, 4.69) is 10.1 Å². The van der Waals surface area contributed by atoms with Gasteiger partial charge in [0.1, 0.15) is 5.75 Å². The number of aliphatic hydroxyl groups is 1. The van der Waals surface area contributed by atoms with Gasteiger partial charge in [0.2, 0.25) is 0 Å². The molecule has 0 aliphatic heterocycles. The van der Waals surface area contributed by atoms with Crippen molar-refractivity contribution < 1.29 is 50.9 Å². The third kappa shape index (κ3) is 8.55. The highest BCUT2D eigenvalue weighted by Gasteiger charge is 2.33. The summed E-state index contributed by atoms with van der Waals surface area (Å²) in [5.41, 5.74) is 1.93. The van der Waals surface area contributed by atoms with E-state index in [0.29, 0.717) is 0 Å². The number of carbonyl (C=O) groups excluding carboxylic acids is 2. The van der Waals surface area contributed by atoms with E-state index in [1.54, 1.807) is 24.3 Å². The number of alkyl halides is 3. The van der Waals surface area contributed by atoms with Crippen LogP contribution in [0.4, 0.5) is 13.2 Å². The van der Waals surface area contributed by atoms with Crippen molar-refractivity contribution in [1.29, 1.82) is 0 Å². The summed E-state index contributed by atoms with van der Waals surface area (Å²) in [5, 5.41) is 18.9. The zero-order valence-electron chi connectivity index (χ0n) is 23.3. The van der Waals surface area contributed by atoms with Crippen molar-refractivity contribution in [3.63, 3.8) is 0 Å². The Morgan fingerprint density at radius 1 is 0.778 bits per heavy atom. The normalized spacial score (nSPS) is 13.0. The molecule has 0 saturated heterocycles. The first-order chi connectivity index (χ1) is 21.2. The van der Waals surface area contributed by atoms with Gasteiger partial charge in [-0.2, -0.15) is 0 Å². The van der Waals surface area contributed by atoms with E-state index in [-0.39, 0.29) is 21.6 Å². The van der Waals surface area contributed by atoms with Gasteiger partial charge in [-0.1, -0.05) is 54.6 Å². The molecule has 0 fully saturated rings. The highest BCUT2D eigenvalue weighted by Crippen LogP contribution is 2.35. The van der Waals surface area contributed by atoms with Crippen LogP contribution in [-0.2, 0) is 14.6 Å². The zero-order valence-corrected chi connectivity index (χ0v) is 24.1. The fraction of sp³-hybridized carbons (Fsp3) is 0.156. The summed E-state index contributed by atoms with van der Waals surface area (Å²) in [7, 11) is -4.29. The lowest BCUT2D eigenvalue weighted by atomic mass is 9.99. The predicted molar refractivity (Wildman–Crippen MR) is 156 cm³/mol. The average Bonchev–Trinajstić information content (AvgIpc) is 3.02. The lowest BCUT2D eigenvalue weighted by Gasteiger charge is -2.19. The summed E-state index contributed by atoms with van der Waals surface area (Å²) in [6.07, 6.45) is -7.30. The number of halogens is 3. The van der Waals surface area contributed by atoms with Crippen molar-refractivity contribution in [3.05, 3.63) is 120 Å². The van der Waals surface area contributed by atoms with E-state index in [1.165, 1.54) is 12.1 Å². The summed E-state index contributed by atoms with van der Waals surface area (Å²) in [6, 6.07) is 24.7. The standard InChI is InChI=1S/C32H26F3NO8S/c33-32(34,35)44-25-14-10-22(11-15-25)27(37)18-29(23-8-6-21(7-9-23)20-4-2-1-3-5-20)45(42,43)26-16-12-24(13-17-26)30(39)36-19-28(38)31(40)41/h1-17,28-29,38H,18-19H2,(H,36,39)(H,40,41). The van der Waals surface area contributed by atoms with Crippen molar-refractivity contribution >= 4 is 27.5 Å². The summed E-state index contributed by atoms with van der Waals surface area (Å²) in [6.45, 7) is -0.569. The van der Waals surface area contributed by atoms with Crippen LogP contribution < -0.4 is 10.1 Å². The number of aliphatic carboxylic acids is 1. The van der Waals surface area contributed by atoms with E-state index in [4.69, 9.17) is 5.11 Å². The molecule has 0 saturated carbocycles. The molecule has 0 aliphatic rings. The monoisotopic (exact) mass is 641 g/mol. The predicted octanol–water partition coefficient (Wildman–Crippen LogP) is 5.22. The number of aliphatic hydroxyl groups excluding tert-OH is 1.